The molecule has 0 saturated carbocycles. The molecule has 0 rings (SSSR count). The fourth-order valence-electron chi connectivity index (χ4n) is 0.576. The molecule has 1 atom stereocenters. The Labute approximate surface area is 73.0 Å². The van der Waals surface area contributed by atoms with Crippen molar-refractivity contribution < 1.29 is 18.8 Å². The maximum Gasteiger partial charge on any atom is 0.367 e. The molecule has 0 aromatic carbocycles. The van der Waals surface area contributed by atoms with Crippen LogP contribution in [-0.4, -0.2) is 32.2 Å². The van der Waals surface area contributed by atoms with Crippen molar-refractivity contribution in [3.05, 3.63) is 0 Å². The maximum atomic E-state index is 11.0. The number of carbonyl (C=O) groups excluding carboxylic acids is 1. The van der Waals surface area contributed by atoms with Gasteiger partial charge in [0.05, 0.1) is 13.5 Å². The van der Waals surface area contributed by atoms with Crippen molar-refractivity contribution in [1.29, 1.82) is 0 Å². The summed E-state index contributed by atoms with van der Waals surface area (Å²) in [7, 11) is -0.0803. The van der Waals surface area contributed by atoms with Crippen molar-refractivity contribution in [2.24, 2.45) is 0 Å². The Morgan fingerprint density at radius 2 is 2.17 bits per heavy atom. The first-order valence-corrected chi connectivity index (χ1v) is 5.40. The van der Waals surface area contributed by atoms with Gasteiger partial charge in [0.2, 0.25) is 6.35 Å². The minimum absolute atomic E-state index is 0.207. The van der Waals surface area contributed by atoms with Crippen molar-refractivity contribution >= 4 is 13.8 Å². The molecule has 0 radical (unpaired) electrons. The van der Waals surface area contributed by atoms with E-state index in [2.05, 4.69) is 4.74 Å². The molecule has 5 heteroatoms. The molecule has 0 bridgehead atoms. The second-order valence-corrected chi connectivity index (χ2v) is 3.82. The van der Waals surface area contributed by atoms with Gasteiger partial charge in [0.25, 0.3) is 0 Å². The highest BCUT2D eigenvalue weighted by molar-refractivity contribution is 7.44. The molecule has 0 aromatic rings. The SMILES string of the molecule is CCOC[P+](=O)CCC(=O)OC. The standard InChI is InChI=1S/C7H14O4P/c1-3-11-6-12(9)5-4-7(8)10-2/h3-6H2,1-2H3/q+1. The summed E-state index contributed by atoms with van der Waals surface area (Å²) in [6.07, 6.45) is 0.795. The zero-order chi connectivity index (χ0) is 9.40. The van der Waals surface area contributed by atoms with Gasteiger partial charge in [0, 0.05) is 6.61 Å². The summed E-state index contributed by atoms with van der Waals surface area (Å²) in [5.41, 5.74) is 0. The summed E-state index contributed by atoms with van der Waals surface area (Å²) >= 11 is 0. The first-order chi connectivity index (χ1) is 5.70. The fourth-order valence-corrected chi connectivity index (χ4v) is 1.52. The number of esters is 1. The predicted octanol–water partition coefficient (Wildman–Crippen LogP) is 1.37. The second kappa shape index (κ2) is 7.19. The lowest BCUT2D eigenvalue weighted by molar-refractivity contribution is -0.140. The smallest absolute Gasteiger partial charge is 0.367 e. The summed E-state index contributed by atoms with van der Waals surface area (Å²) in [5, 5.41) is 0. The average Bonchev–Trinajstić information content (AvgIpc) is 2.10. The molecule has 4 nitrogen and oxygen atoms in total. The summed E-state index contributed by atoms with van der Waals surface area (Å²) in [6.45, 7) is 2.39. The van der Waals surface area contributed by atoms with E-state index in [-0.39, 0.29) is 18.7 Å². The third-order valence-electron chi connectivity index (χ3n) is 1.23. The summed E-state index contributed by atoms with van der Waals surface area (Å²) in [5.74, 6) is -0.324. The van der Waals surface area contributed by atoms with Gasteiger partial charge in [-0.25, -0.2) is 0 Å². The average molecular weight is 193 g/mol. The first kappa shape index (κ1) is 11.5. The molecule has 0 aliphatic carbocycles. The molecule has 70 valence electrons. The minimum atomic E-state index is -1.40. The van der Waals surface area contributed by atoms with Crippen molar-refractivity contribution in [2.75, 3.05) is 26.2 Å². The van der Waals surface area contributed by atoms with Crippen LogP contribution < -0.4 is 0 Å². The molecule has 12 heavy (non-hydrogen) atoms. The van der Waals surface area contributed by atoms with Crippen LogP contribution in [0.15, 0.2) is 0 Å². The normalized spacial score (nSPS) is 11.0. The summed E-state index contributed by atoms with van der Waals surface area (Å²) in [6, 6.07) is 0. The van der Waals surface area contributed by atoms with E-state index in [9.17, 15) is 9.36 Å². The Balaban J connectivity index is 3.37. The van der Waals surface area contributed by atoms with Crippen molar-refractivity contribution in [3.63, 3.8) is 0 Å². The van der Waals surface area contributed by atoms with Crippen LogP contribution in [0.25, 0.3) is 0 Å². The lowest BCUT2D eigenvalue weighted by Gasteiger charge is -1.92. The van der Waals surface area contributed by atoms with Gasteiger partial charge < -0.3 is 9.47 Å². The highest BCUT2D eigenvalue weighted by Crippen LogP contribution is 2.21. The number of rotatable bonds is 6. The van der Waals surface area contributed by atoms with E-state index in [1.165, 1.54) is 7.11 Å². The third kappa shape index (κ3) is 6.25. The van der Waals surface area contributed by atoms with E-state index in [0.29, 0.717) is 12.8 Å². The Morgan fingerprint density at radius 3 is 2.67 bits per heavy atom. The summed E-state index contributed by atoms with van der Waals surface area (Å²) in [4.78, 5) is 10.6. The van der Waals surface area contributed by atoms with Gasteiger partial charge in [0.15, 0.2) is 6.16 Å². The van der Waals surface area contributed by atoms with Gasteiger partial charge in [0.1, 0.15) is 0 Å². The monoisotopic (exact) mass is 193 g/mol. The van der Waals surface area contributed by atoms with E-state index in [0.717, 1.165) is 0 Å². The van der Waals surface area contributed by atoms with Crippen molar-refractivity contribution in [2.45, 2.75) is 13.3 Å². The Kier molecular flexibility index (Phi) is 6.91. The summed E-state index contributed by atoms with van der Waals surface area (Å²) < 4.78 is 20.4. The van der Waals surface area contributed by atoms with E-state index >= 15 is 0 Å². The van der Waals surface area contributed by atoms with Crippen LogP contribution in [0.4, 0.5) is 0 Å². The van der Waals surface area contributed by atoms with Crippen LogP contribution in [0.5, 0.6) is 0 Å². The third-order valence-corrected chi connectivity index (χ3v) is 2.43. The Hall–Kier alpha value is -0.470. The highest BCUT2D eigenvalue weighted by Gasteiger charge is 2.16. The fraction of sp³-hybridized carbons (Fsp3) is 0.857. The Bertz CT molecular complexity index is 157. The van der Waals surface area contributed by atoms with E-state index in [4.69, 9.17) is 4.74 Å². The first-order valence-electron chi connectivity index (χ1n) is 3.77. The zero-order valence-electron chi connectivity index (χ0n) is 7.41. The molecule has 0 N–H and O–H groups in total. The van der Waals surface area contributed by atoms with Crippen LogP contribution >= 0.6 is 7.80 Å². The number of hydrogen-bond donors (Lipinski definition) is 0. The minimum Gasteiger partial charge on any atom is -0.469 e. The van der Waals surface area contributed by atoms with Crippen LogP contribution in [-0.2, 0) is 18.8 Å². The van der Waals surface area contributed by atoms with E-state index in [1.807, 2.05) is 6.92 Å². The topological polar surface area (TPSA) is 52.6 Å². The number of hydrogen-bond acceptors (Lipinski definition) is 4. The van der Waals surface area contributed by atoms with Gasteiger partial charge in [-0.3, -0.25) is 4.79 Å². The molecule has 0 aliphatic heterocycles. The molecule has 1 unspecified atom stereocenters. The molecule has 0 heterocycles. The zero-order valence-corrected chi connectivity index (χ0v) is 8.30. The van der Waals surface area contributed by atoms with Gasteiger partial charge in [-0.05, 0) is 6.92 Å². The van der Waals surface area contributed by atoms with Gasteiger partial charge in [-0.15, -0.1) is 0 Å². The van der Waals surface area contributed by atoms with Crippen molar-refractivity contribution in [1.82, 2.24) is 0 Å². The molecule has 0 saturated heterocycles. The van der Waals surface area contributed by atoms with Gasteiger partial charge >= 0.3 is 13.8 Å². The molecular weight excluding hydrogens is 179 g/mol. The lowest BCUT2D eigenvalue weighted by Crippen LogP contribution is -2.02. The number of carbonyl (C=O) groups is 1. The van der Waals surface area contributed by atoms with Crippen molar-refractivity contribution in [3.8, 4) is 0 Å². The molecule has 0 fully saturated rings. The van der Waals surface area contributed by atoms with Crippen LogP contribution in [0.2, 0.25) is 0 Å². The predicted molar refractivity (Wildman–Crippen MR) is 45.6 cm³/mol. The molecule has 0 aliphatic rings. The maximum absolute atomic E-state index is 11.0. The van der Waals surface area contributed by atoms with Crippen LogP contribution in [0.1, 0.15) is 13.3 Å². The van der Waals surface area contributed by atoms with E-state index in [1.54, 1.807) is 0 Å². The number of methoxy groups -OCH3 is 1. The second-order valence-electron chi connectivity index (χ2n) is 2.15. The number of ether oxygens (including phenoxy) is 2. The quantitative estimate of drug-likeness (QED) is 0.472. The van der Waals surface area contributed by atoms with E-state index < -0.39 is 7.80 Å². The lowest BCUT2D eigenvalue weighted by atomic mass is 10.5. The molecule has 0 spiro atoms. The van der Waals surface area contributed by atoms with Crippen LogP contribution in [0.3, 0.4) is 0 Å². The van der Waals surface area contributed by atoms with Gasteiger partial charge in [-0.1, -0.05) is 4.57 Å². The largest absolute Gasteiger partial charge is 0.469 e. The molecule has 0 aromatic heterocycles. The Morgan fingerprint density at radius 1 is 1.50 bits per heavy atom. The van der Waals surface area contributed by atoms with Gasteiger partial charge in [-0.2, -0.15) is 0 Å². The molecular formula is C7H14O4P+. The highest BCUT2D eigenvalue weighted by atomic mass is 31.1. The van der Waals surface area contributed by atoms with Crippen LogP contribution in [0, 0.1) is 0 Å². The molecule has 0 amide bonds.